The zero-order chi connectivity index (χ0) is 7.40. The van der Waals surface area contributed by atoms with Crippen LogP contribution in [0.4, 0.5) is 0 Å². The Hall–Kier alpha value is -1.16. The van der Waals surface area contributed by atoms with E-state index in [0.29, 0.717) is 0 Å². The van der Waals surface area contributed by atoms with Crippen molar-refractivity contribution >= 4 is 11.3 Å². The fraction of sp³-hybridized carbons (Fsp3) is 0. The molecule has 1 rings (SSSR count). The molecule has 0 saturated carbocycles. The molecule has 0 fully saturated rings. The molecule has 1 radical (unpaired) electrons. The fourth-order valence-corrected chi connectivity index (χ4v) is 1.06. The maximum atomic E-state index is 9.79. The molecule has 10 heavy (non-hydrogen) atoms. The Balaban J connectivity index is 2.64. The first-order chi connectivity index (χ1) is 4.79. The first-order valence-corrected chi connectivity index (χ1v) is 3.44. The van der Waals surface area contributed by atoms with E-state index < -0.39 is 4.92 Å². The lowest BCUT2D eigenvalue weighted by atomic mass is 10.5. The highest BCUT2D eigenvalue weighted by molar-refractivity contribution is 7.10. The Kier molecular flexibility index (Phi) is 2.17. The van der Waals surface area contributed by atoms with Gasteiger partial charge in [-0.1, -0.05) is 6.07 Å². The molecule has 4 heteroatoms. The van der Waals surface area contributed by atoms with E-state index in [1.165, 1.54) is 11.3 Å². The largest absolute Gasteiger partial charge is 0.259 e. The number of hydrogen-bond donors (Lipinski definition) is 0. The lowest BCUT2D eigenvalue weighted by Gasteiger charge is -1.76. The normalized spacial score (nSPS) is 10.4. The molecule has 0 unspecified atom stereocenters. The van der Waals surface area contributed by atoms with Gasteiger partial charge in [-0.25, -0.2) is 0 Å². The Labute approximate surface area is 61.8 Å². The molecule has 0 aromatic carbocycles. The summed E-state index contributed by atoms with van der Waals surface area (Å²) in [6.45, 7) is 0. The molecule has 0 N–H and O–H groups in total. The molecular formula is C6H4NO2S. The zero-order valence-corrected chi connectivity index (χ0v) is 5.80. The second-order valence-corrected chi connectivity index (χ2v) is 2.48. The number of nitro groups is 1. The average Bonchev–Trinajstić information content (AvgIpc) is 2.34. The van der Waals surface area contributed by atoms with Gasteiger partial charge in [0.1, 0.15) is 0 Å². The molecule has 1 aromatic heterocycles. The molecule has 0 spiro atoms. The molecule has 1 aromatic rings. The third-order valence-corrected chi connectivity index (χ3v) is 1.63. The number of thiophene rings is 1. The van der Waals surface area contributed by atoms with Gasteiger partial charge in [-0.3, -0.25) is 10.1 Å². The molecule has 3 nitrogen and oxygen atoms in total. The van der Waals surface area contributed by atoms with Crippen LogP contribution in [-0.2, 0) is 0 Å². The van der Waals surface area contributed by atoms with Crippen LogP contribution in [0.25, 0.3) is 0 Å². The minimum absolute atomic E-state index is 0.528. The van der Waals surface area contributed by atoms with Crippen LogP contribution < -0.4 is 0 Å². The summed E-state index contributed by atoms with van der Waals surface area (Å²) >= 11 is 1.42. The second-order valence-electron chi connectivity index (χ2n) is 1.54. The van der Waals surface area contributed by atoms with E-state index in [1.54, 1.807) is 6.07 Å². The highest BCUT2D eigenvalue weighted by Crippen LogP contribution is 2.07. The summed E-state index contributed by atoms with van der Waals surface area (Å²) < 4.78 is 0. The fourth-order valence-electron chi connectivity index (χ4n) is 0.477. The molecule has 0 bridgehead atoms. The van der Waals surface area contributed by atoms with Crippen molar-refractivity contribution in [1.82, 2.24) is 0 Å². The van der Waals surface area contributed by atoms with E-state index in [4.69, 9.17) is 0 Å². The number of nitrogens with zero attached hydrogens (tertiary/aromatic N) is 1. The van der Waals surface area contributed by atoms with Crippen molar-refractivity contribution in [2.24, 2.45) is 0 Å². The van der Waals surface area contributed by atoms with Gasteiger partial charge in [-0.05, 0) is 11.4 Å². The summed E-state index contributed by atoms with van der Waals surface area (Å²) in [6.07, 6.45) is 3.33. The van der Waals surface area contributed by atoms with E-state index in [1.807, 2.05) is 11.4 Å². The quantitative estimate of drug-likeness (QED) is 0.480. The summed E-state index contributed by atoms with van der Waals surface area (Å²) in [5.41, 5.74) is 0. The Morgan fingerprint density at radius 3 is 3.10 bits per heavy atom. The lowest BCUT2D eigenvalue weighted by molar-refractivity contribution is -0.403. The van der Waals surface area contributed by atoms with Crippen molar-refractivity contribution in [3.63, 3.8) is 0 Å². The van der Waals surface area contributed by atoms with Crippen LogP contribution >= 0.6 is 11.3 Å². The van der Waals surface area contributed by atoms with Gasteiger partial charge in [0, 0.05) is 4.88 Å². The van der Waals surface area contributed by atoms with Crippen LogP contribution in [0, 0.1) is 16.2 Å². The lowest BCUT2D eigenvalue weighted by Crippen LogP contribution is -1.81. The van der Waals surface area contributed by atoms with Gasteiger partial charge in [0.05, 0.1) is 11.0 Å². The van der Waals surface area contributed by atoms with Gasteiger partial charge in [-0.15, -0.1) is 11.3 Å². The Morgan fingerprint density at radius 2 is 2.60 bits per heavy atom. The van der Waals surface area contributed by atoms with E-state index in [2.05, 4.69) is 6.08 Å². The maximum Gasteiger partial charge on any atom is 0.243 e. The summed E-state index contributed by atoms with van der Waals surface area (Å²) in [4.78, 5) is 10.0. The van der Waals surface area contributed by atoms with Crippen molar-refractivity contribution in [2.75, 3.05) is 0 Å². The van der Waals surface area contributed by atoms with Crippen LogP contribution in [-0.4, -0.2) is 4.92 Å². The molecule has 0 aliphatic carbocycles. The standard InChI is InChI=1S/C6H4NO2S/c8-7(9)4-3-6-2-1-5-10-6/h1-2,4-5H. The molecule has 0 saturated heterocycles. The molecule has 0 amide bonds. The maximum absolute atomic E-state index is 9.79. The monoisotopic (exact) mass is 154 g/mol. The molecular weight excluding hydrogens is 150 g/mol. The van der Waals surface area contributed by atoms with Crippen LogP contribution in [0.2, 0.25) is 0 Å². The van der Waals surface area contributed by atoms with Crippen LogP contribution in [0.1, 0.15) is 4.88 Å². The Morgan fingerprint density at radius 1 is 1.80 bits per heavy atom. The predicted molar refractivity (Wildman–Crippen MR) is 38.2 cm³/mol. The first-order valence-electron chi connectivity index (χ1n) is 2.56. The van der Waals surface area contributed by atoms with Crippen molar-refractivity contribution in [3.8, 4) is 0 Å². The summed E-state index contributed by atoms with van der Waals surface area (Å²) in [6, 6.07) is 3.59. The van der Waals surface area contributed by atoms with Gasteiger partial charge >= 0.3 is 0 Å². The molecule has 0 aliphatic heterocycles. The van der Waals surface area contributed by atoms with Gasteiger partial charge in [0.15, 0.2) is 0 Å². The highest BCUT2D eigenvalue weighted by Gasteiger charge is 1.89. The minimum atomic E-state index is -0.528. The van der Waals surface area contributed by atoms with E-state index in [-0.39, 0.29) is 0 Å². The minimum Gasteiger partial charge on any atom is -0.259 e. The topological polar surface area (TPSA) is 43.1 Å². The van der Waals surface area contributed by atoms with Crippen molar-refractivity contribution in [2.45, 2.75) is 0 Å². The van der Waals surface area contributed by atoms with Crippen molar-refractivity contribution < 1.29 is 4.92 Å². The third-order valence-electron chi connectivity index (χ3n) is 0.833. The SMILES string of the molecule is O=[N+]([O-])/C=[C]/c1cccs1. The second kappa shape index (κ2) is 3.12. The smallest absolute Gasteiger partial charge is 0.243 e. The van der Waals surface area contributed by atoms with E-state index >= 15 is 0 Å². The molecule has 0 atom stereocenters. The average molecular weight is 154 g/mol. The predicted octanol–water partition coefficient (Wildman–Crippen LogP) is 1.69. The van der Waals surface area contributed by atoms with Crippen LogP contribution in [0.5, 0.6) is 0 Å². The Bertz CT molecular complexity index is 240. The van der Waals surface area contributed by atoms with Gasteiger partial charge in [0.25, 0.3) is 0 Å². The van der Waals surface area contributed by atoms with Crippen molar-refractivity contribution in [1.29, 1.82) is 0 Å². The van der Waals surface area contributed by atoms with E-state index in [0.717, 1.165) is 11.1 Å². The molecule has 51 valence electrons. The van der Waals surface area contributed by atoms with E-state index in [9.17, 15) is 10.1 Å². The zero-order valence-electron chi connectivity index (χ0n) is 4.98. The summed E-state index contributed by atoms with van der Waals surface area (Å²) in [5.74, 6) is 0. The first kappa shape index (κ1) is 6.95. The van der Waals surface area contributed by atoms with Crippen molar-refractivity contribution in [3.05, 3.63) is 44.8 Å². The third kappa shape index (κ3) is 1.99. The number of rotatable bonds is 2. The number of hydrogen-bond acceptors (Lipinski definition) is 3. The van der Waals surface area contributed by atoms with Gasteiger partial charge < -0.3 is 0 Å². The van der Waals surface area contributed by atoms with Gasteiger partial charge in [0.2, 0.25) is 6.20 Å². The van der Waals surface area contributed by atoms with Crippen LogP contribution in [0.3, 0.4) is 0 Å². The highest BCUT2D eigenvalue weighted by atomic mass is 32.1. The summed E-state index contributed by atoms with van der Waals surface area (Å²) in [7, 11) is 0. The molecule has 0 aliphatic rings. The molecule has 1 heterocycles. The van der Waals surface area contributed by atoms with Crippen LogP contribution in [0.15, 0.2) is 23.7 Å². The summed E-state index contributed by atoms with van der Waals surface area (Å²) in [5, 5.41) is 11.6. The van der Waals surface area contributed by atoms with Gasteiger partial charge in [-0.2, -0.15) is 0 Å².